The molecule has 0 spiro atoms. The van der Waals surface area contributed by atoms with Gasteiger partial charge in [0.1, 0.15) is 5.75 Å². The zero-order valence-corrected chi connectivity index (χ0v) is 20.3. The smallest absolute Gasteiger partial charge is 0.416 e. The van der Waals surface area contributed by atoms with Crippen molar-refractivity contribution in [2.45, 2.75) is 38.9 Å². The molecule has 1 fully saturated rings. The van der Waals surface area contributed by atoms with E-state index in [1.165, 1.54) is 13.2 Å². The summed E-state index contributed by atoms with van der Waals surface area (Å²) in [7, 11) is 1.44. The largest absolute Gasteiger partial charge is 0.496 e. The number of nitrogens with zero attached hydrogens (tertiary/aromatic N) is 1. The molecule has 2 aromatic rings. The minimum atomic E-state index is -4.53. The molecule has 9 heteroatoms. The van der Waals surface area contributed by atoms with E-state index in [9.17, 15) is 22.8 Å². The van der Waals surface area contributed by atoms with Crippen molar-refractivity contribution in [3.8, 4) is 16.9 Å². The third kappa shape index (κ3) is 6.27. The van der Waals surface area contributed by atoms with Crippen molar-refractivity contribution < 1.29 is 32.6 Å². The van der Waals surface area contributed by atoms with Gasteiger partial charge in [-0.15, -0.1) is 0 Å². The number of ether oxygens (including phenoxy) is 1. The third-order valence-electron chi connectivity index (χ3n) is 5.32. The molecule has 5 nitrogen and oxygen atoms in total. The van der Waals surface area contributed by atoms with Crippen LogP contribution in [0, 0.1) is 5.92 Å². The minimum absolute atomic E-state index is 0. The summed E-state index contributed by atoms with van der Waals surface area (Å²) in [6.07, 6.45) is -3.15. The van der Waals surface area contributed by atoms with Gasteiger partial charge in [-0.1, -0.05) is 12.1 Å². The molecule has 0 heterocycles. The Kier molecular flexibility index (Phi) is 8.79. The van der Waals surface area contributed by atoms with Gasteiger partial charge >= 0.3 is 12.1 Å². The van der Waals surface area contributed by atoms with E-state index in [-0.39, 0.29) is 54.3 Å². The average Bonchev–Trinajstić information content (AvgIpc) is 3.55. The molecular weight excluding hydrogens is 434 g/mol. The first-order valence-electron chi connectivity index (χ1n) is 10.0. The summed E-state index contributed by atoms with van der Waals surface area (Å²) in [6.45, 7) is 2.19. The first kappa shape index (κ1) is 26.2. The SMILES string of the molecule is CCN(Cc1cc(C(F)(F)F)ccc1-c1cc(CC(=O)O)ccc1OC)C(=O)C1CC1.[Na]. The fourth-order valence-electron chi connectivity index (χ4n) is 3.55. The fourth-order valence-corrected chi connectivity index (χ4v) is 3.55. The number of carbonyl (C=O) groups is 2. The van der Waals surface area contributed by atoms with Gasteiger partial charge in [-0.3, -0.25) is 9.59 Å². The first-order valence-corrected chi connectivity index (χ1v) is 10.0. The molecule has 1 radical (unpaired) electrons. The van der Waals surface area contributed by atoms with E-state index < -0.39 is 17.7 Å². The predicted molar refractivity (Wildman–Crippen MR) is 114 cm³/mol. The second-order valence-electron chi connectivity index (χ2n) is 7.60. The van der Waals surface area contributed by atoms with Gasteiger partial charge in [0.05, 0.1) is 19.1 Å². The Labute approximate surface area is 206 Å². The molecule has 0 saturated heterocycles. The Hall–Kier alpha value is -2.03. The molecule has 1 aliphatic carbocycles. The minimum Gasteiger partial charge on any atom is -0.496 e. The molecular formula is C23H24F3NNaO4. The van der Waals surface area contributed by atoms with E-state index in [0.29, 0.717) is 34.5 Å². The maximum atomic E-state index is 13.4. The van der Waals surface area contributed by atoms with Crippen molar-refractivity contribution in [1.29, 1.82) is 0 Å². The number of rotatable bonds is 8. The number of halogens is 3. The molecule has 0 unspecified atom stereocenters. The van der Waals surface area contributed by atoms with Crippen LogP contribution in [0.1, 0.15) is 36.5 Å². The number of carbonyl (C=O) groups excluding carboxylic acids is 1. The van der Waals surface area contributed by atoms with Crippen LogP contribution in [-0.4, -0.2) is 65.1 Å². The van der Waals surface area contributed by atoms with E-state index in [0.717, 1.165) is 25.0 Å². The molecule has 1 N–H and O–H groups in total. The summed E-state index contributed by atoms with van der Waals surface area (Å²) in [5.41, 5.74) is 0.980. The monoisotopic (exact) mass is 458 g/mol. The van der Waals surface area contributed by atoms with Crippen LogP contribution in [0.4, 0.5) is 13.2 Å². The number of methoxy groups -OCH3 is 1. The summed E-state index contributed by atoms with van der Waals surface area (Å²) in [6, 6.07) is 8.22. The molecule has 167 valence electrons. The molecule has 2 aromatic carbocycles. The molecule has 0 bridgehead atoms. The normalized spacial score (nSPS) is 13.3. The van der Waals surface area contributed by atoms with Gasteiger partial charge in [0, 0.05) is 54.1 Å². The summed E-state index contributed by atoms with van der Waals surface area (Å²) in [4.78, 5) is 25.3. The van der Waals surface area contributed by atoms with Gasteiger partial charge in [0.25, 0.3) is 0 Å². The van der Waals surface area contributed by atoms with Crippen LogP contribution < -0.4 is 4.74 Å². The van der Waals surface area contributed by atoms with E-state index in [2.05, 4.69) is 0 Å². The molecule has 0 aliphatic heterocycles. The van der Waals surface area contributed by atoms with Gasteiger partial charge in [-0.2, -0.15) is 13.2 Å². The van der Waals surface area contributed by atoms with Crippen LogP contribution in [0.25, 0.3) is 11.1 Å². The van der Waals surface area contributed by atoms with Gasteiger partial charge in [-0.05, 0) is 60.7 Å². The molecule has 3 rings (SSSR count). The number of amides is 1. The summed E-state index contributed by atoms with van der Waals surface area (Å²) >= 11 is 0. The van der Waals surface area contributed by atoms with Gasteiger partial charge in [0.15, 0.2) is 0 Å². The van der Waals surface area contributed by atoms with Gasteiger partial charge in [0.2, 0.25) is 5.91 Å². The number of carboxylic acids is 1. The second kappa shape index (κ2) is 10.7. The number of hydrogen-bond acceptors (Lipinski definition) is 3. The molecule has 1 saturated carbocycles. The molecule has 0 aromatic heterocycles. The second-order valence-corrected chi connectivity index (χ2v) is 7.60. The fraction of sp³-hybridized carbons (Fsp3) is 0.391. The van der Waals surface area contributed by atoms with Crippen LogP contribution >= 0.6 is 0 Å². The number of hydrogen-bond donors (Lipinski definition) is 1. The Morgan fingerprint density at radius 3 is 2.34 bits per heavy atom. The van der Waals surface area contributed by atoms with Gasteiger partial charge < -0.3 is 14.7 Å². The van der Waals surface area contributed by atoms with Crippen LogP contribution in [0.5, 0.6) is 5.75 Å². The first-order chi connectivity index (χ1) is 14.6. The molecule has 1 amide bonds. The standard InChI is InChI=1S/C23H24F3NO4.Na/c1-3-27(22(30)15-5-6-15)13-16-12-17(23(24,25)26)7-8-18(16)19-10-14(11-21(28)29)4-9-20(19)31-2;/h4,7-10,12,15H,3,5-6,11,13H2,1-2H3,(H,28,29);. The van der Waals surface area contributed by atoms with E-state index >= 15 is 0 Å². The summed E-state index contributed by atoms with van der Waals surface area (Å²) in [5, 5.41) is 9.10. The van der Waals surface area contributed by atoms with E-state index in [1.54, 1.807) is 30.0 Å². The van der Waals surface area contributed by atoms with Crippen LogP contribution in [0.2, 0.25) is 0 Å². The number of alkyl halides is 3. The Morgan fingerprint density at radius 1 is 1.12 bits per heavy atom. The van der Waals surface area contributed by atoms with Crippen molar-refractivity contribution in [2.75, 3.05) is 13.7 Å². The Bertz CT molecular complexity index is 990. The zero-order chi connectivity index (χ0) is 22.8. The maximum absolute atomic E-state index is 13.4. The van der Waals surface area contributed by atoms with Gasteiger partial charge in [-0.25, -0.2) is 0 Å². The summed E-state index contributed by atoms with van der Waals surface area (Å²) in [5.74, 6) is -0.720. The topological polar surface area (TPSA) is 66.8 Å². The van der Waals surface area contributed by atoms with Crippen molar-refractivity contribution in [2.24, 2.45) is 5.92 Å². The number of aliphatic carboxylic acids is 1. The maximum Gasteiger partial charge on any atom is 0.416 e. The summed E-state index contributed by atoms with van der Waals surface area (Å²) < 4.78 is 45.6. The predicted octanol–water partition coefficient (Wildman–Crippen LogP) is 4.39. The quantitative estimate of drug-likeness (QED) is 0.596. The third-order valence-corrected chi connectivity index (χ3v) is 5.32. The molecule has 32 heavy (non-hydrogen) atoms. The van der Waals surface area contributed by atoms with E-state index in [1.807, 2.05) is 0 Å². The molecule has 0 atom stereocenters. The number of benzene rings is 2. The van der Waals surface area contributed by atoms with E-state index in [4.69, 9.17) is 9.84 Å². The van der Waals surface area contributed by atoms with Crippen molar-refractivity contribution in [1.82, 2.24) is 4.90 Å². The average molecular weight is 458 g/mol. The van der Waals surface area contributed by atoms with Crippen molar-refractivity contribution >= 4 is 41.4 Å². The Morgan fingerprint density at radius 2 is 1.81 bits per heavy atom. The molecule has 1 aliphatic rings. The van der Waals surface area contributed by atoms with Crippen LogP contribution in [0.3, 0.4) is 0 Å². The number of carboxylic acid groups (broad SMARTS) is 1. The van der Waals surface area contributed by atoms with Crippen molar-refractivity contribution in [3.63, 3.8) is 0 Å². The Balaban J connectivity index is 0.00000363. The van der Waals surface area contributed by atoms with Crippen LogP contribution in [0.15, 0.2) is 36.4 Å². The van der Waals surface area contributed by atoms with Crippen LogP contribution in [-0.2, 0) is 28.7 Å². The zero-order valence-electron chi connectivity index (χ0n) is 18.3. The van der Waals surface area contributed by atoms with Crippen molar-refractivity contribution in [3.05, 3.63) is 53.1 Å².